The van der Waals surface area contributed by atoms with E-state index in [0.29, 0.717) is 12.8 Å². The maximum Gasteiger partial charge on any atom is 0.230 e. The zero-order valence-corrected chi connectivity index (χ0v) is 8.24. The number of imide groups is 1. The highest BCUT2D eigenvalue weighted by Crippen LogP contribution is 2.22. The van der Waals surface area contributed by atoms with E-state index in [1.54, 1.807) is 0 Å². The van der Waals surface area contributed by atoms with E-state index in [9.17, 15) is 9.59 Å². The van der Waals surface area contributed by atoms with Crippen LogP contribution < -0.4 is 0 Å². The van der Waals surface area contributed by atoms with Crippen LogP contribution in [0.2, 0.25) is 0 Å². The Bertz CT molecular complexity index is 267. The fourth-order valence-corrected chi connectivity index (χ4v) is 2.14. The van der Waals surface area contributed by atoms with Gasteiger partial charge in [-0.15, -0.1) is 0 Å². The van der Waals surface area contributed by atoms with Crippen LogP contribution in [0.5, 0.6) is 0 Å². The summed E-state index contributed by atoms with van der Waals surface area (Å²) in [6.45, 7) is 0. The molecular weight excluding hydrogens is 178 g/mol. The molecule has 14 heavy (non-hydrogen) atoms. The van der Waals surface area contributed by atoms with Gasteiger partial charge >= 0.3 is 0 Å². The van der Waals surface area contributed by atoms with Crippen molar-refractivity contribution in [2.45, 2.75) is 44.6 Å². The summed E-state index contributed by atoms with van der Waals surface area (Å²) in [6, 6.07) is 0.0417. The lowest BCUT2D eigenvalue weighted by molar-refractivity contribution is -0.140. The monoisotopic (exact) mass is 193 g/mol. The maximum absolute atomic E-state index is 11.5. The molecule has 0 aromatic carbocycles. The van der Waals surface area contributed by atoms with Crippen molar-refractivity contribution in [3.05, 3.63) is 12.2 Å². The Morgan fingerprint density at radius 3 is 2.57 bits per heavy atom. The third-order valence-corrected chi connectivity index (χ3v) is 2.90. The van der Waals surface area contributed by atoms with Crippen molar-refractivity contribution in [1.82, 2.24) is 4.90 Å². The summed E-state index contributed by atoms with van der Waals surface area (Å²) in [7, 11) is 0. The second-order valence-corrected chi connectivity index (χ2v) is 3.94. The van der Waals surface area contributed by atoms with Gasteiger partial charge in [0, 0.05) is 12.8 Å². The van der Waals surface area contributed by atoms with E-state index in [-0.39, 0.29) is 17.9 Å². The molecule has 0 radical (unpaired) electrons. The molecule has 1 unspecified atom stereocenters. The second-order valence-electron chi connectivity index (χ2n) is 3.94. The predicted octanol–water partition coefficient (Wildman–Crippen LogP) is 1.63. The molecule has 1 aliphatic heterocycles. The molecule has 0 spiro atoms. The van der Waals surface area contributed by atoms with Gasteiger partial charge in [0.05, 0.1) is 6.04 Å². The van der Waals surface area contributed by atoms with Crippen LogP contribution in [-0.4, -0.2) is 22.8 Å². The van der Waals surface area contributed by atoms with E-state index in [0.717, 1.165) is 19.3 Å². The minimum Gasteiger partial charge on any atom is -0.276 e. The van der Waals surface area contributed by atoms with Crippen molar-refractivity contribution in [2.75, 3.05) is 0 Å². The molecule has 3 heteroatoms. The van der Waals surface area contributed by atoms with Crippen LogP contribution in [-0.2, 0) is 9.59 Å². The Morgan fingerprint density at radius 1 is 1.14 bits per heavy atom. The van der Waals surface area contributed by atoms with Crippen molar-refractivity contribution < 1.29 is 9.59 Å². The highest BCUT2D eigenvalue weighted by atomic mass is 16.2. The number of likely N-dealkylation sites (tertiary alicyclic amines) is 1. The first-order valence-corrected chi connectivity index (χ1v) is 5.30. The van der Waals surface area contributed by atoms with Gasteiger partial charge in [-0.2, -0.15) is 0 Å². The van der Waals surface area contributed by atoms with Crippen molar-refractivity contribution >= 4 is 11.8 Å². The van der Waals surface area contributed by atoms with Crippen LogP contribution >= 0.6 is 0 Å². The predicted molar refractivity (Wildman–Crippen MR) is 52.5 cm³/mol. The average molecular weight is 193 g/mol. The van der Waals surface area contributed by atoms with E-state index >= 15 is 0 Å². The van der Waals surface area contributed by atoms with Gasteiger partial charge in [-0.3, -0.25) is 14.5 Å². The molecule has 1 heterocycles. The van der Waals surface area contributed by atoms with Crippen molar-refractivity contribution in [3.8, 4) is 0 Å². The standard InChI is InChI=1S/C11H15NO2/c13-10-7-8-11(14)12(10)9-5-3-1-2-4-6-9/h3,5,9H,1-2,4,6-8H2. The van der Waals surface area contributed by atoms with E-state index in [1.807, 2.05) is 6.08 Å². The normalized spacial score (nSPS) is 28.3. The van der Waals surface area contributed by atoms with Gasteiger partial charge in [-0.25, -0.2) is 0 Å². The van der Waals surface area contributed by atoms with E-state index in [2.05, 4.69) is 6.08 Å². The third kappa shape index (κ3) is 1.72. The smallest absolute Gasteiger partial charge is 0.230 e. The molecule has 3 nitrogen and oxygen atoms in total. The molecule has 0 aromatic rings. The van der Waals surface area contributed by atoms with E-state index in [4.69, 9.17) is 0 Å². The first kappa shape index (κ1) is 9.44. The summed E-state index contributed by atoms with van der Waals surface area (Å²) < 4.78 is 0. The zero-order valence-electron chi connectivity index (χ0n) is 8.24. The lowest BCUT2D eigenvalue weighted by atomic mass is 10.1. The molecule has 76 valence electrons. The van der Waals surface area contributed by atoms with Crippen LogP contribution in [0.3, 0.4) is 0 Å². The number of hydrogen-bond acceptors (Lipinski definition) is 2. The molecule has 2 amide bonds. The number of allylic oxidation sites excluding steroid dienone is 1. The van der Waals surface area contributed by atoms with E-state index < -0.39 is 0 Å². The minimum absolute atomic E-state index is 0.00606. The summed E-state index contributed by atoms with van der Waals surface area (Å²) in [4.78, 5) is 24.4. The largest absolute Gasteiger partial charge is 0.276 e. The molecule has 1 atom stereocenters. The average Bonchev–Trinajstić information content (AvgIpc) is 2.45. The van der Waals surface area contributed by atoms with Gasteiger partial charge in [0.1, 0.15) is 0 Å². The van der Waals surface area contributed by atoms with E-state index in [1.165, 1.54) is 11.3 Å². The van der Waals surface area contributed by atoms with Crippen molar-refractivity contribution in [1.29, 1.82) is 0 Å². The summed E-state index contributed by atoms with van der Waals surface area (Å²) in [5, 5.41) is 0. The number of carbonyl (C=O) groups excluding carboxylic acids is 2. The zero-order chi connectivity index (χ0) is 9.97. The lowest BCUT2D eigenvalue weighted by Crippen LogP contribution is -2.37. The maximum atomic E-state index is 11.5. The summed E-state index contributed by atoms with van der Waals surface area (Å²) >= 11 is 0. The quantitative estimate of drug-likeness (QED) is 0.469. The van der Waals surface area contributed by atoms with Crippen LogP contribution in [0.25, 0.3) is 0 Å². The van der Waals surface area contributed by atoms with Crippen molar-refractivity contribution in [2.24, 2.45) is 0 Å². The van der Waals surface area contributed by atoms with Crippen LogP contribution in [0.15, 0.2) is 12.2 Å². The summed E-state index contributed by atoms with van der Waals surface area (Å²) in [5.41, 5.74) is 0. The Hall–Kier alpha value is -1.12. The molecular formula is C11H15NO2. The Kier molecular flexibility index (Phi) is 2.66. The van der Waals surface area contributed by atoms with Gasteiger partial charge < -0.3 is 0 Å². The highest BCUT2D eigenvalue weighted by molar-refractivity contribution is 6.02. The van der Waals surface area contributed by atoms with Crippen LogP contribution in [0, 0.1) is 0 Å². The third-order valence-electron chi connectivity index (χ3n) is 2.90. The molecule has 2 rings (SSSR count). The van der Waals surface area contributed by atoms with Gasteiger partial charge in [-0.05, 0) is 19.3 Å². The topological polar surface area (TPSA) is 37.4 Å². The molecule has 0 N–H and O–H groups in total. The fourth-order valence-electron chi connectivity index (χ4n) is 2.14. The Morgan fingerprint density at radius 2 is 1.86 bits per heavy atom. The molecule has 0 saturated carbocycles. The lowest BCUT2D eigenvalue weighted by Gasteiger charge is -2.22. The summed E-state index contributed by atoms with van der Waals surface area (Å²) in [5.74, 6) is 0.0121. The second kappa shape index (κ2) is 3.95. The van der Waals surface area contributed by atoms with Gasteiger partial charge in [-0.1, -0.05) is 18.6 Å². The number of rotatable bonds is 1. The fraction of sp³-hybridized carbons (Fsp3) is 0.636. The van der Waals surface area contributed by atoms with Gasteiger partial charge in [0.2, 0.25) is 11.8 Å². The molecule has 1 fully saturated rings. The van der Waals surface area contributed by atoms with Crippen LogP contribution in [0.4, 0.5) is 0 Å². The first-order valence-electron chi connectivity index (χ1n) is 5.30. The minimum atomic E-state index is 0.00606. The molecule has 0 aromatic heterocycles. The molecule has 1 saturated heterocycles. The van der Waals surface area contributed by atoms with Crippen LogP contribution in [0.1, 0.15) is 38.5 Å². The number of nitrogens with zero attached hydrogens (tertiary/aromatic N) is 1. The van der Waals surface area contributed by atoms with Crippen molar-refractivity contribution in [3.63, 3.8) is 0 Å². The SMILES string of the molecule is O=C1CCC(=O)N1C1C=CCCCC1. The Balaban J connectivity index is 2.12. The van der Waals surface area contributed by atoms with Gasteiger partial charge in [0.25, 0.3) is 0 Å². The van der Waals surface area contributed by atoms with Gasteiger partial charge in [0.15, 0.2) is 0 Å². The number of carbonyl (C=O) groups is 2. The Labute approximate surface area is 83.8 Å². The molecule has 1 aliphatic carbocycles. The first-order chi connectivity index (χ1) is 6.79. The summed E-state index contributed by atoms with van der Waals surface area (Å²) in [6.07, 6.45) is 9.22. The highest BCUT2D eigenvalue weighted by Gasteiger charge is 2.33. The molecule has 0 bridgehead atoms. The number of hydrogen-bond donors (Lipinski definition) is 0. The number of amides is 2. The molecule has 2 aliphatic rings.